The third-order valence-electron chi connectivity index (χ3n) is 3.42. The highest BCUT2D eigenvalue weighted by Crippen LogP contribution is 2.16. The van der Waals surface area contributed by atoms with Gasteiger partial charge in [0.25, 0.3) is 0 Å². The number of carbonyl (C=O) groups excluding carboxylic acids is 2. The minimum absolute atomic E-state index is 0.116. The lowest BCUT2D eigenvalue weighted by Crippen LogP contribution is -2.50. The molecular weight excluding hydrogens is 261 g/mol. The van der Waals surface area contributed by atoms with Gasteiger partial charge in [0.05, 0.1) is 12.6 Å². The summed E-state index contributed by atoms with van der Waals surface area (Å²) in [4.78, 5) is 25.1. The van der Waals surface area contributed by atoms with Crippen molar-refractivity contribution in [3.05, 3.63) is 30.1 Å². The van der Waals surface area contributed by atoms with E-state index in [1.54, 1.807) is 4.90 Å². The van der Waals surface area contributed by atoms with E-state index in [1.807, 2.05) is 0 Å². The van der Waals surface area contributed by atoms with E-state index in [-0.39, 0.29) is 30.2 Å². The number of anilines is 1. The van der Waals surface area contributed by atoms with E-state index in [0.717, 1.165) is 12.8 Å². The van der Waals surface area contributed by atoms with E-state index in [0.29, 0.717) is 18.7 Å². The maximum atomic E-state index is 12.8. The molecule has 3 N–H and O–H groups in total. The second kappa shape index (κ2) is 6.47. The molecule has 1 aliphatic rings. The van der Waals surface area contributed by atoms with E-state index < -0.39 is 0 Å². The van der Waals surface area contributed by atoms with Crippen LogP contribution in [0.1, 0.15) is 19.3 Å². The first-order valence-corrected chi connectivity index (χ1v) is 6.65. The smallest absolute Gasteiger partial charge is 0.238 e. The van der Waals surface area contributed by atoms with Crippen LogP contribution < -0.4 is 11.1 Å². The van der Waals surface area contributed by atoms with Crippen molar-refractivity contribution in [2.24, 2.45) is 5.73 Å². The summed E-state index contributed by atoms with van der Waals surface area (Å²) in [5.41, 5.74) is 5.88. The van der Waals surface area contributed by atoms with Crippen LogP contribution in [0.15, 0.2) is 24.3 Å². The summed E-state index contributed by atoms with van der Waals surface area (Å²) in [5.74, 6) is -0.975. The van der Waals surface area contributed by atoms with Crippen LogP contribution in [-0.2, 0) is 9.59 Å². The lowest BCUT2D eigenvalue weighted by atomic mass is 10.0. The van der Waals surface area contributed by atoms with Gasteiger partial charge in [0, 0.05) is 5.69 Å². The minimum atomic E-state index is -0.390. The molecule has 0 unspecified atom stereocenters. The van der Waals surface area contributed by atoms with Gasteiger partial charge in [-0.2, -0.15) is 0 Å². The van der Waals surface area contributed by atoms with Crippen molar-refractivity contribution in [3.8, 4) is 0 Å². The molecule has 1 aromatic rings. The summed E-state index contributed by atoms with van der Waals surface area (Å²) in [5, 5.41) is 2.68. The predicted octanol–water partition coefficient (Wildman–Crippen LogP) is 1.10. The number of nitrogens with zero attached hydrogens (tertiary/aromatic N) is 1. The van der Waals surface area contributed by atoms with Crippen molar-refractivity contribution in [1.82, 2.24) is 4.90 Å². The van der Waals surface area contributed by atoms with Gasteiger partial charge >= 0.3 is 0 Å². The van der Waals surface area contributed by atoms with Crippen LogP contribution in [0.4, 0.5) is 10.1 Å². The Morgan fingerprint density at radius 2 is 2.00 bits per heavy atom. The molecule has 2 amide bonds. The zero-order valence-corrected chi connectivity index (χ0v) is 11.1. The maximum absolute atomic E-state index is 12.8. The largest absolute Gasteiger partial charge is 0.368 e. The Morgan fingerprint density at radius 1 is 1.30 bits per heavy atom. The predicted molar refractivity (Wildman–Crippen MR) is 73.4 cm³/mol. The number of rotatable bonds is 4. The fraction of sp³-hybridized carbons (Fsp3) is 0.429. The number of nitrogens with two attached hydrogens (primary N) is 1. The van der Waals surface area contributed by atoms with Crippen molar-refractivity contribution in [2.75, 3.05) is 18.4 Å². The fourth-order valence-electron chi connectivity index (χ4n) is 2.42. The van der Waals surface area contributed by atoms with Crippen LogP contribution in [-0.4, -0.2) is 35.8 Å². The van der Waals surface area contributed by atoms with Gasteiger partial charge in [-0.15, -0.1) is 0 Å². The number of nitrogens with one attached hydrogen (secondary N) is 1. The van der Waals surface area contributed by atoms with E-state index in [1.165, 1.54) is 24.3 Å². The van der Waals surface area contributed by atoms with Gasteiger partial charge in [-0.05, 0) is 43.7 Å². The Bertz CT molecular complexity index is 490. The quantitative estimate of drug-likeness (QED) is 0.866. The molecule has 1 aliphatic heterocycles. The zero-order chi connectivity index (χ0) is 14.5. The van der Waals surface area contributed by atoms with E-state index in [9.17, 15) is 14.0 Å². The topological polar surface area (TPSA) is 75.4 Å². The van der Waals surface area contributed by atoms with Gasteiger partial charge in [0.2, 0.25) is 11.8 Å². The molecule has 20 heavy (non-hydrogen) atoms. The SMILES string of the molecule is NC(=O)[C@@H]1CCCCN1CC(=O)Nc1ccc(F)cc1. The molecule has 0 radical (unpaired) electrons. The van der Waals surface area contributed by atoms with Crippen molar-refractivity contribution < 1.29 is 14.0 Å². The summed E-state index contributed by atoms with van der Waals surface area (Å²) in [6, 6.07) is 5.18. The second-order valence-corrected chi connectivity index (χ2v) is 4.94. The molecule has 1 heterocycles. The lowest BCUT2D eigenvalue weighted by molar-refractivity contribution is -0.126. The van der Waals surface area contributed by atoms with Crippen molar-refractivity contribution in [1.29, 1.82) is 0 Å². The number of carbonyl (C=O) groups is 2. The Balaban J connectivity index is 1.92. The number of hydrogen-bond acceptors (Lipinski definition) is 3. The molecule has 6 heteroatoms. The van der Waals surface area contributed by atoms with Crippen LogP contribution in [0.3, 0.4) is 0 Å². The molecule has 0 bridgehead atoms. The summed E-state index contributed by atoms with van der Waals surface area (Å²) in [6.45, 7) is 0.801. The molecule has 2 rings (SSSR count). The minimum Gasteiger partial charge on any atom is -0.368 e. The lowest BCUT2D eigenvalue weighted by Gasteiger charge is -2.32. The first-order valence-electron chi connectivity index (χ1n) is 6.65. The second-order valence-electron chi connectivity index (χ2n) is 4.94. The molecule has 1 fully saturated rings. The molecular formula is C14H18FN3O2. The molecule has 0 aliphatic carbocycles. The summed E-state index contributed by atoms with van der Waals surface area (Å²) >= 11 is 0. The Hall–Kier alpha value is -1.95. The standard InChI is InChI=1S/C14H18FN3O2/c15-10-4-6-11(7-5-10)17-13(19)9-18-8-2-1-3-12(18)14(16)20/h4-7,12H,1-3,8-9H2,(H2,16,20)(H,17,19)/t12-/m0/s1. The van der Waals surface area contributed by atoms with Gasteiger partial charge in [0.1, 0.15) is 5.82 Å². The highest BCUT2D eigenvalue weighted by molar-refractivity contribution is 5.92. The van der Waals surface area contributed by atoms with Crippen molar-refractivity contribution in [2.45, 2.75) is 25.3 Å². The van der Waals surface area contributed by atoms with Crippen LogP contribution in [0, 0.1) is 5.82 Å². The first kappa shape index (κ1) is 14.5. The first-order chi connectivity index (χ1) is 9.56. The van der Waals surface area contributed by atoms with Crippen LogP contribution in [0.5, 0.6) is 0 Å². The van der Waals surface area contributed by atoms with Gasteiger partial charge in [-0.3, -0.25) is 14.5 Å². The normalized spacial score (nSPS) is 19.6. The fourth-order valence-corrected chi connectivity index (χ4v) is 2.42. The molecule has 0 saturated carbocycles. The monoisotopic (exact) mass is 279 g/mol. The molecule has 0 spiro atoms. The number of amides is 2. The number of hydrogen-bond donors (Lipinski definition) is 2. The number of primary amides is 1. The zero-order valence-electron chi connectivity index (χ0n) is 11.1. The van der Waals surface area contributed by atoms with E-state index in [4.69, 9.17) is 5.73 Å². The molecule has 1 aromatic carbocycles. The maximum Gasteiger partial charge on any atom is 0.238 e. The Labute approximate surface area is 116 Å². The van der Waals surface area contributed by atoms with Crippen LogP contribution in [0.25, 0.3) is 0 Å². The Morgan fingerprint density at radius 3 is 2.65 bits per heavy atom. The van der Waals surface area contributed by atoms with Gasteiger partial charge < -0.3 is 11.1 Å². The average molecular weight is 279 g/mol. The summed E-state index contributed by atoms with van der Waals surface area (Å²) in [6.07, 6.45) is 2.59. The van der Waals surface area contributed by atoms with Gasteiger partial charge in [-0.1, -0.05) is 6.42 Å². The molecule has 1 atom stereocenters. The molecule has 0 aromatic heterocycles. The van der Waals surface area contributed by atoms with Gasteiger partial charge in [0.15, 0.2) is 0 Å². The van der Waals surface area contributed by atoms with Crippen molar-refractivity contribution >= 4 is 17.5 Å². The van der Waals surface area contributed by atoms with Crippen LogP contribution in [0.2, 0.25) is 0 Å². The number of benzene rings is 1. The highest BCUT2D eigenvalue weighted by Gasteiger charge is 2.28. The number of halogens is 1. The molecule has 108 valence electrons. The number of likely N-dealkylation sites (tertiary alicyclic amines) is 1. The van der Waals surface area contributed by atoms with Crippen LogP contribution >= 0.6 is 0 Å². The Kier molecular flexibility index (Phi) is 4.68. The highest BCUT2D eigenvalue weighted by atomic mass is 19.1. The van der Waals surface area contributed by atoms with Crippen molar-refractivity contribution in [3.63, 3.8) is 0 Å². The van der Waals surface area contributed by atoms with E-state index in [2.05, 4.69) is 5.32 Å². The van der Waals surface area contributed by atoms with Gasteiger partial charge in [-0.25, -0.2) is 4.39 Å². The van der Waals surface area contributed by atoms with E-state index >= 15 is 0 Å². The summed E-state index contributed by atoms with van der Waals surface area (Å²) in [7, 11) is 0. The third-order valence-corrected chi connectivity index (χ3v) is 3.42. The third kappa shape index (κ3) is 3.77. The average Bonchev–Trinajstić information content (AvgIpc) is 2.41. The molecule has 5 nitrogen and oxygen atoms in total. The molecule has 1 saturated heterocycles. The number of piperidine rings is 1. The summed E-state index contributed by atoms with van der Waals surface area (Å²) < 4.78 is 12.8.